The topological polar surface area (TPSA) is 91.7 Å². The molecule has 0 unspecified atom stereocenters. The van der Waals surface area contributed by atoms with Gasteiger partial charge in [0, 0.05) is 12.1 Å². The van der Waals surface area contributed by atoms with Gasteiger partial charge in [0.05, 0.1) is 14.2 Å². The first kappa shape index (κ1) is 13.0. The van der Waals surface area contributed by atoms with Crippen molar-refractivity contribution in [3.8, 4) is 0 Å². The van der Waals surface area contributed by atoms with Crippen molar-refractivity contribution in [2.75, 3.05) is 14.2 Å². The van der Waals surface area contributed by atoms with Gasteiger partial charge in [-0.2, -0.15) is 0 Å². The molecule has 0 amide bonds. The standard InChI is InChI=1S/C12H11NO6/c1-18-11(16)7-4-3-6-5-8(14)9(12(17)19-2)10(15)13(6)7/h3-4,9H,5H2,1-2H3/t9-/m1/s1. The number of ketones is 1. The molecular weight excluding hydrogens is 254 g/mol. The highest BCUT2D eigenvalue weighted by Crippen LogP contribution is 2.22. The third-order valence-electron chi connectivity index (χ3n) is 2.94. The maximum Gasteiger partial charge on any atom is 0.355 e. The number of methoxy groups -OCH3 is 2. The molecule has 1 aliphatic heterocycles. The van der Waals surface area contributed by atoms with Crippen LogP contribution in [0.3, 0.4) is 0 Å². The van der Waals surface area contributed by atoms with Crippen LogP contribution >= 0.6 is 0 Å². The minimum atomic E-state index is -1.52. The molecule has 7 nitrogen and oxygen atoms in total. The van der Waals surface area contributed by atoms with Crippen molar-refractivity contribution in [3.63, 3.8) is 0 Å². The van der Waals surface area contributed by atoms with E-state index in [1.54, 1.807) is 0 Å². The van der Waals surface area contributed by atoms with Crippen molar-refractivity contribution in [2.45, 2.75) is 6.42 Å². The van der Waals surface area contributed by atoms with Gasteiger partial charge >= 0.3 is 11.9 Å². The van der Waals surface area contributed by atoms with Gasteiger partial charge in [-0.1, -0.05) is 0 Å². The molecule has 0 bridgehead atoms. The first-order valence-corrected chi connectivity index (χ1v) is 5.45. The molecule has 19 heavy (non-hydrogen) atoms. The number of esters is 2. The van der Waals surface area contributed by atoms with Gasteiger partial charge in [-0.15, -0.1) is 0 Å². The van der Waals surface area contributed by atoms with Crippen LogP contribution < -0.4 is 0 Å². The molecule has 0 aromatic carbocycles. The molecular formula is C12H11NO6. The number of rotatable bonds is 2. The molecule has 1 atom stereocenters. The molecule has 0 N–H and O–H groups in total. The van der Waals surface area contributed by atoms with E-state index in [-0.39, 0.29) is 12.1 Å². The fraction of sp³-hybridized carbons (Fsp3) is 0.333. The van der Waals surface area contributed by atoms with Crippen LogP contribution in [0.15, 0.2) is 12.1 Å². The van der Waals surface area contributed by atoms with Gasteiger partial charge < -0.3 is 9.47 Å². The van der Waals surface area contributed by atoms with Crippen LogP contribution in [0.4, 0.5) is 0 Å². The normalized spacial score (nSPS) is 17.9. The minimum absolute atomic E-state index is 0.0103. The van der Waals surface area contributed by atoms with Gasteiger partial charge in [0.1, 0.15) is 5.69 Å². The quantitative estimate of drug-likeness (QED) is 0.544. The van der Waals surface area contributed by atoms with Crippen molar-refractivity contribution < 1.29 is 28.7 Å². The lowest BCUT2D eigenvalue weighted by atomic mass is 9.95. The Kier molecular flexibility index (Phi) is 3.20. The van der Waals surface area contributed by atoms with Gasteiger partial charge in [-0.05, 0) is 12.1 Å². The van der Waals surface area contributed by atoms with Gasteiger partial charge in [-0.3, -0.25) is 19.0 Å². The lowest BCUT2D eigenvalue weighted by Gasteiger charge is -2.21. The number of hydrogen-bond donors (Lipinski definition) is 0. The Morgan fingerprint density at radius 1 is 1.21 bits per heavy atom. The Balaban J connectivity index is 2.51. The number of aromatic nitrogens is 1. The summed E-state index contributed by atoms with van der Waals surface area (Å²) in [5.74, 6) is -4.49. The molecule has 7 heteroatoms. The average Bonchev–Trinajstić information content (AvgIpc) is 2.81. The third kappa shape index (κ3) is 1.92. The highest BCUT2D eigenvalue weighted by molar-refractivity contribution is 6.20. The summed E-state index contributed by atoms with van der Waals surface area (Å²) in [6.07, 6.45) is -0.109. The predicted molar refractivity (Wildman–Crippen MR) is 60.6 cm³/mol. The number of fused-ring (bicyclic) bond motifs is 1. The molecule has 0 aliphatic carbocycles. The molecule has 0 saturated heterocycles. The number of hydrogen-bond acceptors (Lipinski definition) is 6. The summed E-state index contributed by atoms with van der Waals surface area (Å²) in [6, 6.07) is 2.86. The fourth-order valence-electron chi connectivity index (χ4n) is 2.04. The van der Waals surface area contributed by atoms with Crippen molar-refractivity contribution in [1.82, 2.24) is 4.57 Å². The van der Waals surface area contributed by atoms with Crippen LogP contribution in [0.5, 0.6) is 0 Å². The molecule has 1 aromatic rings. The monoisotopic (exact) mass is 265 g/mol. The van der Waals surface area contributed by atoms with E-state index in [4.69, 9.17) is 0 Å². The summed E-state index contributed by atoms with van der Waals surface area (Å²) in [6.45, 7) is 0. The number of ether oxygens (including phenoxy) is 2. The lowest BCUT2D eigenvalue weighted by molar-refractivity contribution is -0.147. The first-order chi connectivity index (χ1) is 9.01. The number of Topliss-reactive ketones (excluding diaryl/α,β-unsaturated/α-hetero) is 1. The Morgan fingerprint density at radius 2 is 1.89 bits per heavy atom. The SMILES string of the molecule is COC(=O)c1ccc2n1C(=O)[C@H](C(=O)OC)C(=O)C2. The Hall–Kier alpha value is -2.44. The highest BCUT2D eigenvalue weighted by atomic mass is 16.5. The Bertz CT molecular complexity index is 585. The van der Waals surface area contributed by atoms with Gasteiger partial charge in [0.15, 0.2) is 11.7 Å². The summed E-state index contributed by atoms with van der Waals surface area (Å²) in [4.78, 5) is 46.9. The summed E-state index contributed by atoms with van der Waals surface area (Å²) < 4.78 is 10.0. The fourth-order valence-corrected chi connectivity index (χ4v) is 2.04. The molecule has 1 aliphatic rings. The number of carbonyl (C=O) groups is 4. The molecule has 1 aromatic heterocycles. The number of nitrogens with zero attached hydrogens (tertiary/aromatic N) is 1. The largest absolute Gasteiger partial charge is 0.468 e. The molecule has 0 fully saturated rings. The lowest BCUT2D eigenvalue weighted by Crippen LogP contribution is -2.42. The molecule has 0 spiro atoms. The van der Waals surface area contributed by atoms with E-state index in [0.29, 0.717) is 5.69 Å². The van der Waals surface area contributed by atoms with Crippen LogP contribution in [-0.4, -0.2) is 42.4 Å². The zero-order valence-electron chi connectivity index (χ0n) is 10.3. The maximum absolute atomic E-state index is 12.2. The molecule has 0 radical (unpaired) electrons. The minimum Gasteiger partial charge on any atom is -0.468 e. The van der Waals surface area contributed by atoms with E-state index < -0.39 is 29.5 Å². The van der Waals surface area contributed by atoms with E-state index in [2.05, 4.69) is 9.47 Å². The van der Waals surface area contributed by atoms with Gasteiger partial charge in [0.25, 0.3) is 5.91 Å². The smallest absolute Gasteiger partial charge is 0.355 e. The summed E-state index contributed by atoms with van der Waals surface area (Å²) >= 11 is 0. The Labute approximate surface area is 108 Å². The summed E-state index contributed by atoms with van der Waals surface area (Å²) in [7, 11) is 2.27. The second-order valence-corrected chi connectivity index (χ2v) is 3.97. The van der Waals surface area contributed by atoms with Crippen molar-refractivity contribution in [3.05, 3.63) is 23.5 Å². The zero-order chi connectivity index (χ0) is 14.2. The van der Waals surface area contributed by atoms with E-state index in [0.717, 1.165) is 11.7 Å². The van der Waals surface area contributed by atoms with Crippen LogP contribution in [-0.2, 0) is 25.5 Å². The average molecular weight is 265 g/mol. The van der Waals surface area contributed by atoms with Crippen molar-refractivity contribution >= 4 is 23.6 Å². The first-order valence-electron chi connectivity index (χ1n) is 5.45. The van der Waals surface area contributed by atoms with Crippen LogP contribution in [0, 0.1) is 5.92 Å². The van der Waals surface area contributed by atoms with Crippen LogP contribution in [0.2, 0.25) is 0 Å². The van der Waals surface area contributed by atoms with E-state index in [1.165, 1.54) is 19.2 Å². The predicted octanol–water partition coefficient (Wildman–Crippen LogP) is -0.171. The second kappa shape index (κ2) is 4.68. The van der Waals surface area contributed by atoms with E-state index in [9.17, 15) is 19.2 Å². The summed E-state index contributed by atoms with van der Waals surface area (Å²) in [5.41, 5.74) is 0.347. The molecule has 2 rings (SSSR count). The third-order valence-corrected chi connectivity index (χ3v) is 2.94. The Morgan fingerprint density at radius 3 is 2.47 bits per heavy atom. The molecule has 2 heterocycles. The van der Waals surface area contributed by atoms with Gasteiger partial charge in [-0.25, -0.2) is 4.79 Å². The molecule has 0 saturated carbocycles. The molecule has 100 valence electrons. The second-order valence-electron chi connectivity index (χ2n) is 3.97. The maximum atomic E-state index is 12.2. The zero-order valence-corrected chi connectivity index (χ0v) is 10.3. The van der Waals surface area contributed by atoms with Gasteiger partial charge in [0.2, 0.25) is 0 Å². The van der Waals surface area contributed by atoms with Crippen LogP contribution in [0.25, 0.3) is 0 Å². The number of carbonyl (C=O) groups excluding carboxylic acids is 4. The van der Waals surface area contributed by atoms with Crippen molar-refractivity contribution in [2.24, 2.45) is 5.92 Å². The summed E-state index contributed by atoms with van der Waals surface area (Å²) in [5, 5.41) is 0. The van der Waals surface area contributed by atoms with E-state index >= 15 is 0 Å². The highest BCUT2D eigenvalue weighted by Gasteiger charge is 2.42. The van der Waals surface area contributed by atoms with Crippen molar-refractivity contribution in [1.29, 1.82) is 0 Å². The van der Waals surface area contributed by atoms with E-state index in [1.807, 2.05) is 0 Å². The van der Waals surface area contributed by atoms with Crippen LogP contribution in [0.1, 0.15) is 21.0 Å².